The summed E-state index contributed by atoms with van der Waals surface area (Å²) in [5.41, 5.74) is 1.42. The van der Waals surface area contributed by atoms with Crippen LogP contribution in [0.4, 0.5) is 4.39 Å². The topological polar surface area (TPSA) is 26.3 Å². The zero-order valence-electron chi connectivity index (χ0n) is 12.0. The van der Waals surface area contributed by atoms with Crippen LogP contribution in [0.5, 0.6) is 0 Å². The van der Waals surface area contributed by atoms with Crippen LogP contribution in [0.1, 0.15) is 51.2 Å². The van der Waals surface area contributed by atoms with E-state index >= 15 is 0 Å². The molecule has 2 atom stereocenters. The van der Waals surface area contributed by atoms with Gasteiger partial charge in [-0.2, -0.15) is 0 Å². The third kappa shape index (κ3) is 2.96. The van der Waals surface area contributed by atoms with Crippen LogP contribution in [0.25, 0.3) is 0 Å². The van der Waals surface area contributed by atoms with E-state index in [0.29, 0.717) is 12.2 Å². The lowest BCUT2D eigenvalue weighted by molar-refractivity contribution is -0.144. The van der Waals surface area contributed by atoms with Gasteiger partial charge in [0, 0.05) is 0 Å². The van der Waals surface area contributed by atoms with Gasteiger partial charge in [0.2, 0.25) is 0 Å². The molecule has 0 bridgehead atoms. The van der Waals surface area contributed by atoms with Gasteiger partial charge in [0.15, 0.2) is 0 Å². The second-order valence-corrected chi connectivity index (χ2v) is 6.19. The molecule has 0 amide bonds. The van der Waals surface area contributed by atoms with E-state index in [4.69, 9.17) is 4.74 Å². The van der Waals surface area contributed by atoms with E-state index < -0.39 is 0 Å². The molecule has 0 radical (unpaired) electrons. The summed E-state index contributed by atoms with van der Waals surface area (Å²) in [6.07, 6.45) is 0.771. The Morgan fingerprint density at radius 3 is 2.63 bits per heavy atom. The highest BCUT2D eigenvalue weighted by Crippen LogP contribution is 2.48. The van der Waals surface area contributed by atoms with Crippen LogP contribution in [0.2, 0.25) is 0 Å². The summed E-state index contributed by atoms with van der Waals surface area (Å²) in [5, 5.41) is 0. The molecule has 1 aromatic carbocycles. The molecule has 0 saturated heterocycles. The molecule has 1 aromatic rings. The number of hydrogen-bond donors (Lipinski definition) is 0. The van der Waals surface area contributed by atoms with Crippen molar-refractivity contribution in [2.45, 2.75) is 45.4 Å². The molecule has 104 valence electrons. The van der Waals surface area contributed by atoms with Gasteiger partial charge in [-0.3, -0.25) is 4.79 Å². The molecule has 0 aromatic heterocycles. The first-order chi connectivity index (χ1) is 8.84. The fraction of sp³-hybridized carbons (Fsp3) is 0.562. The van der Waals surface area contributed by atoms with Crippen molar-refractivity contribution in [3.05, 3.63) is 35.1 Å². The summed E-state index contributed by atoms with van der Waals surface area (Å²) in [6.45, 7) is 8.17. The Labute approximate surface area is 114 Å². The standard InChI is InChI=1S/C16H21FO2/c1-5-19-15(18)12-9-11(12)10-6-7-13(14(17)8-10)16(2,3)4/h6-8,11-12H,5,9H2,1-4H3. The highest BCUT2D eigenvalue weighted by Gasteiger charge is 2.45. The number of halogens is 1. The van der Waals surface area contributed by atoms with Gasteiger partial charge in [-0.25, -0.2) is 4.39 Å². The Morgan fingerprint density at radius 2 is 2.11 bits per heavy atom. The highest BCUT2D eigenvalue weighted by atomic mass is 19.1. The maximum Gasteiger partial charge on any atom is 0.309 e. The first kappa shape index (κ1) is 14.0. The number of ether oxygens (including phenoxy) is 1. The van der Waals surface area contributed by atoms with Crippen molar-refractivity contribution in [1.82, 2.24) is 0 Å². The summed E-state index contributed by atoms with van der Waals surface area (Å²) >= 11 is 0. The van der Waals surface area contributed by atoms with Crippen molar-refractivity contribution >= 4 is 5.97 Å². The van der Waals surface area contributed by atoms with Crippen molar-refractivity contribution in [2.75, 3.05) is 6.61 Å². The summed E-state index contributed by atoms with van der Waals surface area (Å²) in [6, 6.07) is 5.35. The molecule has 1 fully saturated rings. The average molecular weight is 264 g/mol. The lowest BCUT2D eigenvalue weighted by Crippen LogP contribution is -2.13. The van der Waals surface area contributed by atoms with Gasteiger partial charge >= 0.3 is 5.97 Å². The first-order valence-electron chi connectivity index (χ1n) is 6.81. The number of carbonyl (C=O) groups is 1. The number of benzene rings is 1. The molecule has 2 rings (SSSR count). The van der Waals surface area contributed by atoms with Gasteiger partial charge in [-0.1, -0.05) is 32.9 Å². The minimum absolute atomic E-state index is 0.0835. The van der Waals surface area contributed by atoms with E-state index in [9.17, 15) is 9.18 Å². The molecule has 0 N–H and O–H groups in total. The Kier molecular flexibility index (Phi) is 3.66. The fourth-order valence-corrected chi connectivity index (χ4v) is 2.44. The monoisotopic (exact) mass is 264 g/mol. The molecular weight excluding hydrogens is 243 g/mol. The molecule has 1 aliphatic rings. The molecule has 0 heterocycles. The molecule has 1 aliphatic carbocycles. The molecule has 3 heteroatoms. The van der Waals surface area contributed by atoms with Crippen LogP contribution in [0, 0.1) is 11.7 Å². The summed E-state index contributed by atoms with van der Waals surface area (Å²) in [5.74, 6) is -0.297. The van der Waals surface area contributed by atoms with E-state index in [0.717, 1.165) is 12.0 Å². The molecule has 2 unspecified atom stereocenters. The van der Waals surface area contributed by atoms with Crippen LogP contribution in [-0.4, -0.2) is 12.6 Å². The molecule has 2 nitrogen and oxygen atoms in total. The quantitative estimate of drug-likeness (QED) is 0.776. The van der Waals surface area contributed by atoms with E-state index in [1.165, 1.54) is 0 Å². The number of carbonyl (C=O) groups excluding carboxylic acids is 1. The third-order valence-electron chi connectivity index (χ3n) is 3.61. The molecule has 1 saturated carbocycles. The highest BCUT2D eigenvalue weighted by molar-refractivity contribution is 5.77. The number of esters is 1. The van der Waals surface area contributed by atoms with Crippen molar-refractivity contribution in [3.8, 4) is 0 Å². The van der Waals surface area contributed by atoms with Crippen LogP contribution in [0.3, 0.4) is 0 Å². The summed E-state index contributed by atoms with van der Waals surface area (Å²) < 4.78 is 19.1. The first-order valence-corrected chi connectivity index (χ1v) is 6.81. The second kappa shape index (κ2) is 4.95. The van der Waals surface area contributed by atoms with Crippen molar-refractivity contribution in [2.24, 2.45) is 5.92 Å². The molecular formula is C16H21FO2. The minimum atomic E-state index is -0.202. The maximum atomic E-state index is 14.1. The fourth-order valence-electron chi connectivity index (χ4n) is 2.44. The average Bonchev–Trinajstić information content (AvgIpc) is 3.07. The minimum Gasteiger partial charge on any atom is -0.466 e. The van der Waals surface area contributed by atoms with E-state index in [-0.39, 0.29) is 29.0 Å². The van der Waals surface area contributed by atoms with Crippen LogP contribution < -0.4 is 0 Å². The summed E-state index contributed by atoms with van der Waals surface area (Å²) in [7, 11) is 0. The molecule has 19 heavy (non-hydrogen) atoms. The maximum absolute atomic E-state index is 14.1. The third-order valence-corrected chi connectivity index (χ3v) is 3.61. The van der Waals surface area contributed by atoms with E-state index in [1.54, 1.807) is 13.0 Å². The van der Waals surface area contributed by atoms with Gasteiger partial charge in [-0.05, 0) is 41.9 Å². The van der Waals surface area contributed by atoms with Crippen molar-refractivity contribution in [3.63, 3.8) is 0 Å². The zero-order valence-corrected chi connectivity index (χ0v) is 12.0. The van der Waals surface area contributed by atoms with Crippen LogP contribution in [-0.2, 0) is 14.9 Å². The van der Waals surface area contributed by atoms with Gasteiger partial charge < -0.3 is 4.74 Å². The predicted octanol–water partition coefficient (Wildman–Crippen LogP) is 3.79. The Balaban J connectivity index is 2.13. The van der Waals surface area contributed by atoms with Gasteiger partial charge in [0.1, 0.15) is 5.82 Å². The number of rotatable bonds is 3. The van der Waals surface area contributed by atoms with Gasteiger partial charge in [0.05, 0.1) is 12.5 Å². The van der Waals surface area contributed by atoms with Crippen molar-refractivity contribution < 1.29 is 13.9 Å². The smallest absolute Gasteiger partial charge is 0.309 e. The predicted molar refractivity (Wildman–Crippen MR) is 72.6 cm³/mol. The largest absolute Gasteiger partial charge is 0.466 e. The van der Waals surface area contributed by atoms with Crippen LogP contribution >= 0.6 is 0 Å². The Hall–Kier alpha value is -1.38. The van der Waals surface area contributed by atoms with E-state index in [1.807, 2.05) is 32.9 Å². The Bertz CT molecular complexity index is 488. The molecule has 0 spiro atoms. The Morgan fingerprint density at radius 1 is 1.42 bits per heavy atom. The number of hydrogen-bond acceptors (Lipinski definition) is 2. The molecule has 0 aliphatic heterocycles. The lowest BCUT2D eigenvalue weighted by Gasteiger charge is -2.20. The van der Waals surface area contributed by atoms with Crippen molar-refractivity contribution in [1.29, 1.82) is 0 Å². The van der Waals surface area contributed by atoms with Gasteiger partial charge in [-0.15, -0.1) is 0 Å². The lowest BCUT2D eigenvalue weighted by atomic mass is 9.86. The van der Waals surface area contributed by atoms with Gasteiger partial charge in [0.25, 0.3) is 0 Å². The summed E-state index contributed by atoms with van der Waals surface area (Å²) in [4.78, 5) is 11.6. The second-order valence-electron chi connectivity index (χ2n) is 6.19. The SMILES string of the molecule is CCOC(=O)C1CC1c1ccc(C(C)(C)C)c(F)c1. The zero-order chi connectivity index (χ0) is 14.2. The van der Waals surface area contributed by atoms with Crippen LogP contribution in [0.15, 0.2) is 18.2 Å². The normalized spacial score (nSPS) is 22.2. The van der Waals surface area contributed by atoms with E-state index in [2.05, 4.69) is 0 Å².